The molecule has 0 unspecified atom stereocenters. The van der Waals surface area contributed by atoms with E-state index in [1.165, 1.54) is 0 Å². The summed E-state index contributed by atoms with van der Waals surface area (Å²) in [6.07, 6.45) is 1.15. The number of aliphatic hydroxyl groups is 1. The minimum atomic E-state index is -0.937. The maximum atomic E-state index is 9.00. The zero-order valence-electron chi connectivity index (χ0n) is 5.81. The first kappa shape index (κ1) is 6.30. The quantitative estimate of drug-likeness (QED) is 0.533. The molecule has 1 saturated carbocycles. The summed E-state index contributed by atoms with van der Waals surface area (Å²) in [6.45, 7) is 6.94. The lowest BCUT2D eigenvalue weighted by Crippen LogP contribution is -2.21. The Bertz CT molecular complexity index is 95.2. The molecule has 0 aromatic carbocycles. The fourth-order valence-corrected chi connectivity index (χ4v) is 3.22. The van der Waals surface area contributed by atoms with Crippen molar-refractivity contribution in [3.05, 3.63) is 0 Å². The van der Waals surface area contributed by atoms with Crippen molar-refractivity contribution >= 4 is 8.07 Å². The van der Waals surface area contributed by atoms with Crippen LogP contribution in [0.25, 0.3) is 0 Å². The maximum Gasteiger partial charge on any atom is 0.0546 e. The molecule has 0 aliphatic heterocycles. The molecule has 1 nitrogen and oxygen atoms in total. The van der Waals surface area contributed by atoms with Crippen LogP contribution in [0.15, 0.2) is 0 Å². The van der Waals surface area contributed by atoms with E-state index >= 15 is 0 Å². The van der Waals surface area contributed by atoms with Crippen LogP contribution < -0.4 is 0 Å². The Morgan fingerprint density at radius 1 is 1.38 bits per heavy atom. The van der Waals surface area contributed by atoms with Gasteiger partial charge >= 0.3 is 0 Å². The molecule has 0 heterocycles. The summed E-state index contributed by atoms with van der Waals surface area (Å²) in [4.78, 5) is 0. The zero-order valence-corrected chi connectivity index (χ0v) is 6.81. The highest BCUT2D eigenvalue weighted by Crippen LogP contribution is 2.45. The maximum absolute atomic E-state index is 9.00. The largest absolute Gasteiger partial charge is 0.393 e. The second kappa shape index (κ2) is 1.58. The molecular weight excluding hydrogens is 116 g/mol. The van der Waals surface area contributed by atoms with E-state index in [-0.39, 0.29) is 6.10 Å². The standard InChI is InChI=1S/C6H14OSi/c1-8(2,3)6-4-5(6)7/h5-7H,4H2,1-3H3/t5-,6-/m0/s1. The van der Waals surface area contributed by atoms with Crippen LogP contribution in [-0.2, 0) is 0 Å². The SMILES string of the molecule is C[Si](C)(C)[C@H]1C[C@@H]1O. The van der Waals surface area contributed by atoms with Crippen molar-refractivity contribution in [3.8, 4) is 0 Å². The van der Waals surface area contributed by atoms with Crippen molar-refractivity contribution in [2.75, 3.05) is 0 Å². The molecule has 0 bridgehead atoms. The van der Waals surface area contributed by atoms with E-state index in [1.807, 2.05) is 0 Å². The Morgan fingerprint density at radius 3 is 1.75 bits per heavy atom. The smallest absolute Gasteiger partial charge is 0.0546 e. The van der Waals surface area contributed by atoms with Crippen molar-refractivity contribution in [2.24, 2.45) is 0 Å². The highest BCUT2D eigenvalue weighted by atomic mass is 28.3. The molecule has 1 N–H and O–H groups in total. The van der Waals surface area contributed by atoms with Crippen molar-refractivity contribution in [3.63, 3.8) is 0 Å². The lowest BCUT2D eigenvalue weighted by molar-refractivity contribution is 0.278. The summed E-state index contributed by atoms with van der Waals surface area (Å²) in [5, 5.41) is 9.00. The summed E-state index contributed by atoms with van der Waals surface area (Å²) in [5.41, 5.74) is 0.711. The van der Waals surface area contributed by atoms with E-state index in [2.05, 4.69) is 19.6 Å². The van der Waals surface area contributed by atoms with E-state index in [4.69, 9.17) is 5.11 Å². The molecule has 0 saturated heterocycles. The summed E-state index contributed by atoms with van der Waals surface area (Å²) in [6, 6.07) is 0. The van der Waals surface area contributed by atoms with Gasteiger partial charge in [-0.3, -0.25) is 0 Å². The van der Waals surface area contributed by atoms with Gasteiger partial charge < -0.3 is 5.11 Å². The average Bonchev–Trinajstić information content (AvgIpc) is 2.13. The van der Waals surface area contributed by atoms with Gasteiger partial charge in [0.1, 0.15) is 0 Å². The van der Waals surface area contributed by atoms with Gasteiger partial charge in [0.15, 0.2) is 0 Å². The summed E-state index contributed by atoms with van der Waals surface area (Å²) in [5.74, 6) is 0. The topological polar surface area (TPSA) is 20.2 Å². The van der Waals surface area contributed by atoms with E-state index in [0.717, 1.165) is 6.42 Å². The Kier molecular flexibility index (Phi) is 1.24. The summed E-state index contributed by atoms with van der Waals surface area (Å²) in [7, 11) is -0.937. The second-order valence-electron chi connectivity index (χ2n) is 3.78. The molecule has 1 aliphatic rings. The van der Waals surface area contributed by atoms with Gasteiger partial charge in [0, 0.05) is 0 Å². The third-order valence-corrected chi connectivity index (χ3v) is 4.71. The van der Waals surface area contributed by atoms with E-state index < -0.39 is 8.07 Å². The first-order valence-electron chi connectivity index (χ1n) is 3.20. The molecule has 0 radical (unpaired) electrons. The minimum absolute atomic E-state index is 0.0710. The average molecular weight is 130 g/mol. The lowest BCUT2D eigenvalue weighted by atomic mass is 10.9. The van der Waals surface area contributed by atoms with Crippen LogP contribution >= 0.6 is 0 Å². The molecular formula is C6H14OSi. The number of rotatable bonds is 1. The van der Waals surface area contributed by atoms with Crippen molar-refractivity contribution < 1.29 is 5.11 Å². The van der Waals surface area contributed by atoms with Crippen LogP contribution in [0.1, 0.15) is 6.42 Å². The third kappa shape index (κ3) is 1.12. The molecule has 1 aliphatic carbocycles. The van der Waals surface area contributed by atoms with E-state index in [1.54, 1.807) is 0 Å². The van der Waals surface area contributed by atoms with Crippen LogP contribution in [0.5, 0.6) is 0 Å². The Hall–Kier alpha value is 0.177. The van der Waals surface area contributed by atoms with Crippen LogP contribution in [-0.4, -0.2) is 19.3 Å². The highest BCUT2D eigenvalue weighted by molar-refractivity contribution is 6.78. The molecule has 1 fully saturated rings. The third-order valence-electron chi connectivity index (χ3n) is 1.87. The number of aliphatic hydroxyl groups excluding tert-OH is 1. The van der Waals surface area contributed by atoms with Gasteiger partial charge in [0.2, 0.25) is 0 Å². The van der Waals surface area contributed by atoms with Crippen molar-refractivity contribution in [1.29, 1.82) is 0 Å². The number of hydrogen-bond acceptors (Lipinski definition) is 1. The van der Waals surface area contributed by atoms with Gasteiger partial charge in [-0.25, -0.2) is 0 Å². The first-order chi connectivity index (χ1) is 3.52. The van der Waals surface area contributed by atoms with Gasteiger partial charge in [0.25, 0.3) is 0 Å². The molecule has 2 heteroatoms. The van der Waals surface area contributed by atoms with Crippen LogP contribution in [0, 0.1) is 0 Å². The Balaban J connectivity index is 2.39. The second-order valence-corrected chi connectivity index (χ2v) is 9.25. The normalized spacial score (nSPS) is 37.5. The van der Waals surface area contributed by atoms with Gasteiger partial charge in [-0.15, -0.1) is 0 Å². The van der Waals surface area contributed by atoms with Crippen molar-refractivity contribution in [2.45, 2.75) is 37.7 Å². The Labute approximate surface area is 51.7 Å². The summed E-state index contributed by atoms with van der Waals surface area (Å²) < 4.78 is 0. The first-order valence-corrected chi connectivity index (χ1v) is 6.77. The van der Waals surface area contributed by atoms with Gasteiger partial charge in [-0.05, 0) is 12.0 Å². The zero-order chi connectivity index (χ0) is 6.36. The number of hydrogen-bond donors (Lipinski definition) is 1. The Morgan fingerprint density at radius 2 is 1.75 bits per heavy atom. The fraction of sp³-hybridized carbons (Fsp3) is 1.00. The van der Waals surface area contributed by atoms with Gasteiger partial charge in [-0.1, -0.05) is 19.6 Å². The van der Waals surface area contributed by atoms with Gasteiger partial charge in [0.05, 0.1) is 14.2 Å². The predicted octanol–water partition coefficient (Wildman–Crippen LogP) is 1.46. The summed E-state index contributed by atoms with van der Waals surface area (Å²) >= 11 is 0. The minimum Gasteiger partial charge on any atom is -0.393 e. The lowest BCUT2D eigenvalue weighted by Gasteiger charge is -2.13. The molecule has 0 aromatic heterocycles. The van der Waals surface area contributed by atoms with E-state index in [9.17, 15) is 0 Å². The fourth-order valence-electron chi connectivity index (χ4n) is 1.11. The predicted molar refractivity (Wildman–Crippen MR) is 37.7 cm³/mol. The van der Waals surface area contributed by atoms with Crippen LogP contribution in [0.4, 0.5) is 0 Å². The highest BCUT2D eigenvalue weighted by Gasteiger charge is 2.44. The molecule has 8 heavy (non-hydrogen) atoms. The molecule has 2 atom stereocenters. The monoisotopic (exact) mass is 130 g/mol. The van der Waals surface area contributed by atoms with E-state index in [0.29, 0.717) is 5.54 Å². The molecule has 0 amide bonds. The van der Waals surface area contributed by atoms with Crippen molar-refractivity contribution in [1.82, 2.24) is 0 Å². The molecule has 48 valence electrons. The molecule has 1 rings (SSSR count). The van der Waals surface area contributed by atoms with Crippen LogP contribution in [0.2, 0.25) is 25.2 Å². The molecule has 0 aromatic rings. The van der Waals surface area contributed by atoms with Crippen LogP contribution in [0.3, 0.4) is 0 Å². The van der Waals surface area contributed by atoms with Gasteiger partial charge in [-0.2, -0.15) is 0 Å². The molecule has 0 spiro atoms.